The van der Waals surface area contributed by atoms with Crippen LogP contribution in [0.4, 0.5) is 102 Å². The molecule has 0 aliphatic rings. The highest BCUT2D eigenvalue weighted by atomic mass is 15.2. The van der Waals surface area contributed by atoms with E-state index in [1.54, 1.807) is 0 Å². The van der Waals surface area contributed by atoms with Gasteiger partial charge >= 0.3 is 0 Å². The SMILES string of the molecule is c1ccc(N(c2ccccc2)c2ccc3c(c2)c2cc(N(c4ccccc4)c4ccccc4)cc(N(c4ccccc4)c4ccccc4)c2c2cc4c5ccc(N(c6ccccc6)c6ccccc6)cc5c5cc(N(c6ccccc6)c6ccccc6)cc(N(c6ccccc6)c6ccccc6)c5c4cc32)cc1. The largest absolute Gasteiger partial charge is 0.310 e. The zero-order valence-electron chi connectivity index (χ0n) is 59.3. The van der Waals surface area contributed by atoms with Gasteiger partial charge in [0.05, 0.1) is 11.4 Å². The Morgan fingerprint density at radius 2 is 0.269 bits per heavy atom. The van der Waals surface area contributed by atoms with Gasteiger partial charge in [-0.05, 0) is 260 Å². The van der Waals surface area contributed by atoms with Crippen LogP contribution in [0.25, 0.3) is 64.6 Å². The molecule has 0 unspecified atom stereocenters. The van der Waals surface area contributed by atoms with Crippen molar-refractivity contribution in [1.29, 1.82) is 0 Å². The van der Waals surface area contributed by atoms with E-state index in [-0.39, 0.29) is 0 Å². The number of anilines is 18. The van der Waals surface area contributed by atoms with Crippen LogP contribution in [0.15, 0.2) is 437 Å². The van der Waals surface area contributed by atoms with E-state index in [1.165, 1.54) is 0 Å². The van der Waals surface area contributed by atoms with Crippen molar-refractivity contribution >= 4 is 167 Å². The molecule has 0 saturated heterocycles. The number of fused-ring (bicyclic) bond motifs is 12. The minimum absolute atomic E-state index is 1.01. The fourth-order valence-electron chi connectivity index (χ4n) is 16.1. The summed E-state index contributed by atoms with van der Waals surface area (Å²) in [6, 6.07) is 159. The predicted octanol–water partition coefficient (Wildman–Crippen LogP) is 29.4. The van der Waals surface area contributed by atoms with Crippen molar-refractivity contribution < 1.29 is 0 Å². The van der Waals surface area contributed by atoms with Crippen LogP contribution >= 0.6 is 0 Å². The maximum absolute atomic E-state index is 2.56. The van der Waals surface area contributed by atoms with Gasteiger partial charge in [0.2, 0.25) is 0 Å². The van der Waals surface area contributed by atoms with E-state index in [0.29, 0.717) is 0 Å². The summed E-state index contributed by atoms with van der Waals surface area (Å²) in [6.45, 7) is 0. The Morgan fingerprint density at radius 3 is 0.481 bits per heavy atom. The lowest BCUT2D eigenvalue weighted by Crippen LogP contribution is -2.14. The molecule has 19 aromatic rings. The maximum atomic E-state index is 2.56. The third-order valence-electron chi connectivity index (χ3n) is 20.8. The van der Waals surface area contributed by atoms with Crippen LogP contribution in [0, 0.1) is 0 Å². The molecule has 0 atom stereocenters. The highest BCUT2D eigenvalue weighted by Gasteiger charge is 2.29. The van der Waals surface area contributed by atoms with E-state index in [2.05, 4.69) is 466 Å². The van der Waals surface area contributed by atoms with Gasteiger partial charge < -0.3 is 29.4 Å². The first kappa shape index (κ1) is 64.4. The minimum atomic E-state index is 1.01. The highest BCUT2D eigenvalue weighted by Crippen LogP contribution is 2.55. The number of para-hydroxylation sites is 12. The molecular formula is C102H72N6. The summed E-state index contributed by atoms with van der Waals surface area (Å²) >= 11 is 0. The van der Waals surface area contributed by atoms with Crippen molar-refractivity contribution in [3.05, 3.63) is 437 Å². The summed E-state index contributed by atoms with van der Waals surface area (Å²) in [5, 5.41) is 13.3. The van der Waals surface area contributed by atoms with Crippen molar-refractivity contribution in [2.45, 2.75) is 0 Å². The molecule has 0 aliphatic carbocycles. The molecule has 6 nitrogen and oxygen atoms in total. The molecule has 19 aromatic carbocycles. The Hall–Kier alpha value is -14.5. The van der Waals surface area contributed by atoms with Gasteiger partial charge in [-0.15, -0.1) is 0 Å². The molecule has 108 heavy (non-hydrogen) atoms. The van der Waals surface area contributed by atoms with Crippen molar-refractivity contribution in [1.82, 2.24) is 0 Å². The Balaban J connectivity index is 1.03. The van der Waals surface area contributed by atoms with Crippen LogP contribution in [-0.2, 0) is 0 Å². The van der Waals surface area contributed by atoms with Crippen LogP contribution < -0.4 is 29.4 Å². The maximum Gasteiger partial charge on any atom is 0.0567 e. The molecule has 0 N–H and O–H groups in total. The second-order valence-corrected chi connectivity index (χ2v) is 27.2. The highest BCUT2D eigenvalue weighted by molar-refractivity contribution is 6.37. The van der Waals surface area contributed by atoms with Gasteiger partial charge in [0.15, 0.2) is 0 Å². The van der Waals surface area contributed by atoms with E-state index in [9.17, 15) is 0 Å². The van der Waals surface area contributed by atoms with Gasteiger partial charge in [0, 0.05) is 102 Å². The van der Waals surface area contributed by atoms with Gasteiger partial charge in [-0.25, -0.2) is 0 Å². The zero-order chi connectivity index (χ0) is 71.7. The molecule has 0 bridgehead atoms. The second kappa shape index (κ2) is 28.3. The molecule has 0 aliphatic heterocycles. The standard InChI is InChI=1S/C102H72N6/c1-13-37-73(38-14-1)103(74-39-15-2-16-40-74)85-61-63-89-91(65-85)95-67-87(105(77-45-21-5-22-46-77)78-47-23-6-24-48-78)69-99(107(81-53-29-9-30-54-81)82-55-31-10-32-56-82)101(95)97-72-94-90-64-62-86(104(75-41-17-3-18-42-75)76-43-19-4-20-44-76)66-92(90)96-68-88(106(79-49-25-7-26-50-79)80-51-27-8-28-52-80)70-100(102(96)98(94)71-93(89)97)108(83-57-33-11-34-58-83)84-59-35-12-36-60-84/h1-72H. The molecular weight excluding hydrogens is 1310 g/mol. The minimum Gasteiger partial charge on any atom is -0.310 e. The van der Waals surface area contributed by atoms with Crippen LogP contribution in [0.5, 0.6) is 0 Å². The predicted molar refractivity (Wildman–Crippen MR) is 460 cm³/mol. The van der Waals surface area contributed by atoms with Crippen LogP contribution in [0.1, 0.15) is 0 Å². The van der Waals surface area contributed by atoms with E-state index in [4.69, 9.17) is 0 Å². The molecule has 0 aromatic heterocycles. The lowest BCUT2D eigenvalue weighted by Gasteiger charge is -2.32. The lowest BCUT2D eigenvalue weighted by molar-refractivity contribution is 1.26. The normalized spacial score (nSPS) is 11.3. The number of hydrogen-bond acceptors (Lipinski definition) is 6. The molecule has 510 valence electrons. The molecule has 0 radical (unpaired) electrons. The molecule has 0 amide bonds. The van der Waals surface area contributed by atoms with Gasteiger partial charge in [-0.3, -0.25) is 0 Å². The fraction of sp³-hybridized carbons (Fsp3) is 0. The molecule has 6 heteroatoms. The molecule has 19 rings (SSSR count). The topological polar surface area (TPSA) is 19.4 Å². The first-order chi connectivity index (χ1) is 53.6. The molecule has 0 saturated carbocycles. The summed E-state index contributed by atoms with van der Waals surface area (Å²) in [7, 11) is 0. The van der Waals surface area contributed by atoms with Crippen molar-refractivity contribution in [3.8, 4) is 0 Å². The van der Waals surface area contributed by atoms with Crippen LogP contribution in [-0.4, -0.2) is 0 Å². The summed E-state index contributed by atoms with van der Waals surface area (Å²) in [5.74, 6) is 0. The Bertz CT molecular complexity index is 5760. The third kappa shape index (κ3) is 11.9. The van der Waals surface area contributed by atoms with Gasteiger partial charge in [0.1, 0.15) is 0 Å². The monoisotopic (exact) mass is 1380 g/mol. The van der Waals surface area contributed by atoms with E-state index < -0.39 is 0 Å². The molecule has 0 fully saturated rings. The average molecular weight is 1380 g/mol. The summed E-state index contributed by atoms with van der Waals surface area (Å²) in [5.41, 5.74) is 18.7. The van der Waals surface area contributed by atoms with E-state index in [1.807, 2.05) is 0 Å². The van der Waals surface area contributed by atoms with Gasteiger partial charge in [0.25, 0.3) is 0 Å². The van der Waals surface area contributed by atoms with Crippen LogP contribution in [0.3, 0.4) is 0 Å². The van der Waals surface area contributed by atoms with Crippen LogP contribution in [0.2, 0.25) is 0 Å². The van der Waals surface area contributed by atoms with Gasteiger partial charge in [-0.2, -0.15) is 0 Å². The zero-order valence-corrected chi connectivity index (χ0v) is 59.3. The Kier molecular flexibility index (Phi) is 16.9. The number of rotatable bonds is 18. The summed E-state index contributed by atoms with van der Waals surface area (Å²) in [6.07, 6.45) is 0. The third-order valence-corrected chi connectivity index (χ3v) is 20.8. The van der Waals surface area contributed by atoms with Crippen molar-refractivity contribution in [2.75, 3.05) is 29.4 Å². The Labute approximate surface area is 629 Å². The fourth-order valence-corrected chi connectivity index (χ4v) is 16.1. The number of nitrogens with zero attached hydrogens (tertiary/aromatic N) is 6. The summed E-state index contributed by atoms with van der Waals surface area (Å²) in [4.78, 5) is 14.6. The Morgan fingerprint density at radius 1 is 0.102 bits per heavy atom. The second-order valence-electron chi connectivity index (χ2n) is 27.2. The lowest BCUT2D eigenvalue weighted by atomic mass is 9.86. The number of hydrogen-bond donors (Lipinski definition) is 0. The first-order valence-corrected chi connectivity index (χ1v) is 36.9. The van der Waals surface area contributed by atoms with E-state index in [0.717, 1.165) is 167 Å². The number of benzene rings is 19. The summed E-state index contributed by atoms with van der Waals surface area (Å²) < 4.78 is 0. The average Bonchev–Trinajstić information content (AvgIpc) is 0.695. The quantitative estimate of drug-likeness (QED) is 0.0625. The molecule has 0 heterocycles. The molecule has 0 spiro atoms. The van der Waals surface area contributed by atoms with Crippen molar-refractivity contribution in [2.24, 2.45) is 0 Å². The van der Waals surface area contributed by atoms with E-state index >= 15 is 0 Å². The van der Waals surface area contributed by atoms with Gasteiger partial charge in [-0.1, -0.05) is 231 Å². The van der Waals surface area contributed by atoms with Crippen molar-refractivity contribution in [3.63, 3.8) is 0 Å². The smallest absolute Gasteiger partial charge is 0.0567 e. The first-order valence-electron chi connectivity index (χ1n) is 36.9.